The lowest BCUT2D eigenvalue weighted by Crippen LogP contribution is -2.42. The van der Waals surface area contributed by atoms with Gasteiger partial charge in [0.05, 0.1) is 11.8 Å². The highest BCUT2D eigenvalue weighted by molar-refractivity contribution is 9.10. The Morgan fingerprint density at radius 2 is 1.86 bits per heavy atom. The number of aliphatic hydroxyl groups is 1. The van der Waals surface area contributed by atoms with Gasteiger partial charge in [-0.3, -0.25) is 14.3 Å². The van der Waals surface area contributed by atoms with Crippen LogP contribution in [0.15, 0.2) is 64.1 Å². The Labute approximate surface area is 178 Å². The fourth-order valence-electron chi connectivity index (χ4n) is 3.68. The highest BCUT2D eigenvalue weighted by Gasteiger charge is 2.25. The highest BCUT2D eigenvalue weighted by Crippen LogP contribution is 2.27. The lowest BCUT2D eigenvalue weighted by Gasteiger charge is -2.32. The van der Waals surface area contributed by atoms with Gasteiger partial charge in [-0.25, -0.2) is 4.98 Å². The van der Waals surface area contributed by atoms with Crippen LogP contribution in [0.5, 0.6) is 0 Å². The molecular formula is C22H23BrN4O2. The number of anilines is 1. The first-order valence-corrected chi connectivity index (χ1v) is 10.6. The molecule has 3 heterocycles. The largest absolute Gasteiger partial charge is 0.391 e. The van der Waals surface area contributed by atoms with Gasteiger partial charge in [-0.1, -0.05) is 30.3 Å². The molecule has 0 spiro atoms. The van der Waals surface area contributed by atoms with Crippen LogP contribution in [-0.2, 0) is 13.0 Å². The smallest absolute Gasteiger partial charge is 0.269 e. The Kier molecular flexibility index (Phi) is 6.06. The second-order valence-electron chi connectivity index (χ2n) is 7.24. The maximum Gasteiger partial charge on any atom is 0.269 e. The van der Waals surface area contributed by atoms with Gasteiger partial charge in [0.15, 0.2) is 0 Å². The number of β-amino-alcohol motifs (C(OH)–C–C–N with tert-alkyl or cyclic N) is 1. The summed E-state index contributed by atoms with van der Waals surface area (Å²) < 4.78 is 2.15. The van der Waals surface area contributed by atoms with E-state index in [0.717, 1.165) is 24.9 Å². The van der Waals surface area contributed by atoms with Crippen LogP contribution in [0.25, 0.3) is 11.3 Å². The van der Waals surface area contributed by atoms with E-state index < -0.39 is 6.10 Å². The summed E-state index contributed by atoms with van der Waals surface area (Å²) in [6, 6.07) is 13.8. The van der Waals surface area contributed by atoms with Crippen molar-refractivity contribution in [3.05, 3.63) is 75.2 Å². The molecule has 0 saturated heterocycles. The Hall–Kier alpha value is -2.51. The van der Waals surface area contributed by atoms with E-state index in [2.05, 4.69) is 33.0 Å². The molecule has 4 rings (SSSR count). The number of aryl methyl sites for hydroxylation is 1. The van der Waals surface area contributed by atoms with Gasteiger partial charge in [0.25, 0.3) is 5.56 Å². The minimum absolute atomic E-state index is 0.0923. The van der Waals surface area contributed by atoms with E-state index in [4.69, 9.17) is 4.98 Å². The van der Waals surface area contributed by atoms with E-state index in [0.29, 0.717) is 35.6 Å². The van der Waals surface area contributed by atoms with Gasteiger partial charge in [-0.05, 0) is 52.9 Å². The molecule has 29 heavy (non-hydrogen) atoms. The molecule has 0 bridgehead atoms. The predicted octanol–water partition coefficient (Wildman–Crippen LogP) is 3.27. The van der Waals surface area contributed by atoms with Gasteiger partial charge in [-0.2, -0.15) is 0 Å². The van der Waals surface area contributed by atoms with E-state index in [1.165, 1.54) is 5.56 Å². The second kappa shape index (κ2) is 8.88. The molecule has 7 heteroatoms. The minimum Gasteiger partial charge on any atom is -0.391 e. The number of rotatable bonds is 6. The first-order valence-electron chi connectivity index (χ1n) is 9.81. The summed E-state index contributed by atoms with van der Waals surface area (Å²) in [6.45, 7) is 1.86. The summed E-state index contributed by atoms with van der Waals surface area (Å²) in [5, 5.41) is 10.6. The summed E-state index contributed by atoms with van der Waals surface area (Å²) in [6.07, 6.45) is 5.21. The number of hydrogen-bond donors (Lipinski definition) is 1. The average molecular weight is 455 g/mol. The third-order valence-electron chi connectivity index (χ3n) is 5.18. The van der Waals surface area contributed by atoms with Crippen LogP contribution >= 0.6 is 15.9 Å². The first kappa shape index (κ1) is 19.8. The van der Waals surface area contributed by atoms with E-state index in [-0.39, 0.29) is 5.56 Å². The van der Waals surface area contributed by atoms with Crippen molar-refractivity contribution in [1.82, 2.24) is 14.5 Å². The molecule has 3 aromatic rings. The van der Waals surface area contributed by atoms with Crippen molar-refractivity contribution in [2.24, 2.45) is 0 Å². The van der Waals surface area contributed by atoms with E-state index in [1.807, 2.05) is 35.2 Å². The summed E-state index contributed by atoms with van der Waals surface area (Å²) in [5.74, 6) is 0.620. The normalized spacial score (nSPS) is 14.5. The van der Waals surface area contributed by atoms with Crippen molar-refractivity contribution < 1.29 is 5.11 Å². The lowest BCUT2D eigenvalue weighted by molar-refractivity contribution is 0.168. The zero-order valence-corrected chi connectivity index (χ0v) is 17.6. The molecule has 0 amide bonds. The molecule has 2 aromatic heterocycles. The number of benzene rings is 1. The molecule has 1 N–H and O–H groups in total. The fourth-order valence-corrected chi connectivity index (χ4v) is 4.21. The SMILES string of the molecule is O=c1c(Br)c(-c2ccncc2)nc2n1CCCN2CC(O)CCc1ccccc1. The van der Waals surface area contributed by atoms with Crippen LogP contribution in [0.4, 0.5) is 5.95 Å². The van der Waals surface area contributed by atoms with Gasteiger partial charge in [0.1, 0.15) is 4.47 Å². The van der Waals surface area contributed by atoms with Crippen LogP contribution < -0.4 is 10.5 Å². The summed E-state index contributed by atoms with van der Waals surface area (Å²) in [7, 11) is 0. The molecule has 6 nitrogen and oxygen atoms in total. The number of aromatic nitrogens is 3. The summed E-state index contributed by atoms with van der Waals surface area (Å²) in [5.41, 5.74) is 2.56. The third kappa shape index (κ3) is 4.41. The van der Waals surface area contributed by atoms with Crippen molar-refractivity contribution >= 4 is 21.9 Å². The lowest BCUT2D eigenvalue weighted by atomic mass is 10.1. The standard InChI is InChI=1S/C22H23BrN4O2/c23-19-20(17-9-11-24-12-10-17)25-22-26(13-4-14-27(22)21(19)29)15-18(28)8-7-16-5-2-1-3-6-16/h1-3,5-6,9-12,18,28H,4,7-8,13-15H2. The van der Waals surface area contributed by atoms with Crippen LogP contribution in [0.3, 0.4) is 0 Å². The van der Waals surface area contributed by atoms with Crippen LogP contribution in [0, 0.1) is 0 Å². The number of hydrogen-bond acceptors (Lipinski definition) is 5. The van der Waals surface area contributed by atoms with Crippen LogP contribution in [0.1, 0.15) is 18.4 Å². The van der Waals surface area contributed by atoms with E-state index in [9.17, 15) is 9.90 Å². The van der Waals surface area contributed by atoms with Gasteiger partial charge in [0.2, 0.25) is 5.95 Å². The quantitative estimate of drug-likeness (QED) is 0.618. The average Bonchev–Trinajstić information content (AvgIpc) is 2.76. The number of nitrogens with zero attached hydrogens (tertiary/aromatic N) is 4. The number of fused-ring (bicyclic) bond motifs is 1. The van der Waals surface area contributed by atoms with E-state index >= 15 is 0 Å². The maximum absolute atomic E-state index is 12.9. The highest BCUT2D eigenvalue weighted by atomic mass is 79.9. The van der Waals surface area contributed by atoms with Crippen molar-refractivity contribution in [2.75, 3.05) is 18.0 Å². The zero-order chi connectivity index (χ0) is 20.2. The molecule has 1 atom stereocenters. The fraction of sp³-hybridized carbons (Fsp3) is 0.318. The monoisotopic (exact) mass is 454 g/mol. The molecule has 0 saturated carbocycles. The third-order valence-corrected chi connectivity index (χ3v) is 5.90. The molecule has 1 aliphatic heterocycles. The Morgan fingerprint density at radius 3 is 2.62 bits per heavy atom. The van der Waals surface area contributed by atoms with Gasteiger partial charge in [0, 0.05) is 37.6 Å². The van der Waals surface area contributed by atoms with Gasteiger partial charge in [-0.15, -0.1) is 0 Å². The molecule has 1 unspecified atom stereocenters. The number of aliphatic hydroxyl groups excluding tert-OH is 1. The van der Waals surface area contributed by atoms with Crippen molar-refractivity contribution in [3.8, 4) is 11.3 Å². The Morgan fingerprint density at radius 1 is 1.10 bits per heavy atom. The molecular weight excluding hydrogens is 432 g/mol. The molecule has 1 aliphatic rings. The molecule has 0 fully saturated rings. The predicted molar refractivity (Wildman–Crippen MR) is 117 cm³/mol. The van der Waals surface area contributed by atoms with Crippen LogP contribution in [0.2, 0.25) is 0 Å². The second-order valence-corrected chi connectivity index (χ2v) is 8.04. The van der Waals surface area contributed by atoms with Crippen molar-refractivity contribution in [1.29, 1.82) is 0 Å². The molecule has 1 aromatic carbocycles. The van der Waals surface area contributed by atoms with Crippen molar-refractivity contribution in [3.63, 3.8) is 0 Å². The number of halogens is 1. The number of pyridine rings is 1. The Bertz CT molecular complexity index is 1020. The summed E-state index contributed by atoms with van der Waals surface area (Å²) >= 11 is 3.43. The topological polar surface area (TPSA) is 71.2 Å². The molecule has 0 radical (unpaired) electrons. The van der Waals surface area contributed by atoms with Crippen LogP contribution in [-0.4, -0.2) is 38.8 Å². The van der Waals surface area contributed by atoms with Gasteiger partial charge >= 0.3 is 0 Å². The minimum atomic E-state index is -0.494. The molecule has 150 valence electrons. The van der Waals surface area contributed by atoms with E-state index in [1.54, 1.807) is 17.0 Å². The zero-order valence-electron chi connectivity index (χ0n) is 16.0. The summed E-state index contributed by atoms with van der Waals surface area (Å²) in [4.78, 5) is 23.8. The first-order chi connectivity index (χ1) is 14.1. The van der Waals surface area contributed by atoms with Gasteiger partial charge < -0.3 is 10.0 Å². The maximum atomic E-state index is 12.9. The molecule has 0 aliphatic carbocycles. The van der Waals surface area contributed by atoms with Crippen molar-refractivity contribution in [2.45, 2.75) is 31.9 Å². The Balaban J connectivity index is 1.57.